The van der Waals surface area contributed by atoms with E-state index in [2.05, 4.69) is 5.32 Å². The van der Waals surface area contributed by atoms with E-state index in [1.807, 2.05) is 0 Å². The Balaban J connectivity index is 1.68. The third-order valence-corrected chi connectivity index (χ3v) is 6.32. The van der Waals surface area contributed by atoms with Crippen molar-refractivity contribution in [3.8, 4) is 0 Å². The van der Waals surface area contributed by atoms with Crippen LogP contribution in [0.25, 0.3) is 0 Å². The molecule has 0 aromatic heterocycles. The lowest BCUT2D eigenvalue weighted by molar-refractivity contribution is -0.158. The van der Waals surface area contributed by atoms with Crippen molar-refractivity contribution in [1.82, 2.24) is 10.2 Å². The average Bonchev–Trinajstić information content (AvgIpc) is 2.83. The van der Waals surface area contributed by atoms with E-state index in [0.717, 1.165) is 12.8 Å². The molecule has 2 unspecified atom stereocenters. The quantitative estimate of drug-likeness (QED) is 0.625. The summed E-state index contributed by atoms with van der Waals surface area (Å²) in [5.41, 5.74) is -0.222. The molecule has 0 spiro atoms. The monoisotopic (exact) mass is 470 g/mol. The number of carbonyl (C=O) groups is 4. The molecule has 1 saturated carbocycles. The maximum atomic E-state index is 13.1. The van der Waals surface area contributed by atoms with Crippen molar-refractivity contribution >= 4 is 35.2 Å². The molecule has 2 atom stereocenters. The molecule has 2 amide bonds. The summed E-state index contributed by atoms with van der Waals surface area (Å²) in [5, 5.41) is 2.95. The number of rotatable bonds is 7. The number of halogens is 1. The average molecular weight is 471 g/mol. The fourth-order valence-corrected chi connectivity index (χ4v) is 4.42. The first kappa shape index (κ1) is 24.5. The van der Waals surface area contributed by atoms with E-state index < -0.39 is 36.0 Å². The van der Waals surface area contributed by atoms with Crippen molar-refractivity contribution in [2.45, 2.75) is 44.2 Å². The minimum Gasteiger partial charge on any atom is -0.454 e. The largest absolute Gasteiger partial charge is 0.454 e. The molecule has 174 valence electrons. The first-order valence-electron chi connectivity index (χ1n) is 10.8. The van der Waals surface area contributed by atoms with Gasteiger partial charge in [0, 0.05) is 29.6 Å². The van der Waals surface area contributed by atoms with E-state index in [1.54, 1.807) is 54.6 Å². The molecule has 0 radical (unpaired) electrons. The maximum absolute atomic E-state index is 13.1. The highest BCUT2D eigenvalue weighted by molar-refractivity contribution is 6.31. The number of carbonyl (C=O) groups excluding carboxylic acids is 4. The van der Waals surface area contributed by atoms with E-state index in [4.69, 9.17) is 16.3 Å². The van der Waals surface area contributed by atoms with Crippen molar-refractivity contribution in [2.75, 3.05) is 13.7 Å². The summed E-state index contributed by atoms with van der Waals surface area (Å²) in [6.07, 6.45) is 2.29. The van der Waals surface area contributed by atoms with Crippen LogP contribution in [-0.2, 0) is 24.7 Å². The number of esters is 1. The number of likely N-dealkylation sites (N-methyl/N-ethyl adjacent to an activating group) is 1. The van der Waals surface area contributed by atoms with Gasteiger partial charge in [0.15, 0.2) is 12.4 Å². The van der Waals surface area contributed by atoms with Gasteiger partial charge in [-0.15, -0.1) is 0 Å². The van der Waals surface area contributed by atoms with E-state index in [1.165, 1.54) is 18.9 Å². The Labute approximate surface area is 198 Å². The van der Waals surface area contributed by atoms with Gasteiger partial charge in [-0.2, -0.15) is 0 Å². The Hall–Kier alpha value is -3.19. The Morgan fingerprint density at radius 1 is 1.09 bits per heavy atom. The van der Waals surface area contributed by atoms with Crippen molar-refractivity contribution in [3.05, 3.63) is 70.7 Å². The van der Waals surface area contributed by atoms with Crippen molar-refractivity contribution in [2.24, 2.45) is 0 Å². The van der Waals surface area contributed by atoms with Gasteiger partial charge in [-0.3, -0.25) is 14.4 Å². The van der Waals surface area contributed by atoms with Crippen LogP contribution in [0, 0.1) is 0 Å². The number of ether oxygens (including phenoxy) is 1. The minimum absolute atomic E-state index is 0.0903. The zero-order valence-corrected chi connectivity index (χ0v) is 19.4. The van der Waals surface area contributed by atoms with Crippen molar-refractivity contribution in [3.63, 3.8) is 0 Å². The molecule has 0 bridgehead atoms. The van der Waals surface area contributed by atoms with E-state index in [-0.39, 0.29) is 5.78 Å². The summed E-state index contributed by atoms with van der Waals surface area (Å²) in [6.45, 7) is 0.924. The van der Waals surface area contributed by atoms with Crippen LogP contribution < -0.4 is 5.32 Å². The number of nitrogens with zero attached hydrogens (tertiary/aromatic N) is 1. The van der Waals surface area contributed by atoms with Gasteiger partial charge in [-0.25, -0.2) is 4.79 Å². The number of hydrogen-bond acceptors (Lipinski definition) is 5. The standard InChI is InChI=1S/C25H27ClN2O5/c1-17(27-23(31)18-10-4-3-5-11-18)24(32)33-16-22(30)28(2)25(15-9-8-14-21(25)29)19-12-6-7-13-20(19)26/h3-7,10-13,17H,8-9,14-16H2,1-2H3,(H,27,31). The normalized spacial score (nSPS) is 18.8. The SMILES string of the molecule is CC(NC(=O)c1ccccc1)C(=O)OCC(=O)N(C)C1(c2ccccc2Cl)CCCCC1=O. The topological polar surface area (TPSA) is 92.8 Å². The molecule has 2 aromatic carbocycles. The highest BCUT2D eigenvalue weighted by Gasteiger charge is 2.48. The minimum atomic E-state index is -1.20. The Morgan fingerprint density at radius 3 is 2.42 bits per heavy atom. The molecule has 33 heavy (non-hydrogen) atoms. The highest BCUT2D eigenvalue weighted by atomic mass is 35.5. The number of hydrogen-bond donors (Lipinski definition) is 1. The van der Waals surface area contributed by atoms with E-state index in [0.29, 0.717) is 29.0 Å². The lowest BCUT2D eigenvalue weighted by atomic mass is 9.74. The second kappa shape index (κ2) is 10.6. The smallest absolute Gasteiger partial charge is 0.328 e. The predicted molar refractivity (Wildman–Crippen MR) is 124 cm³/mol. The highest BCUT2D eigenvalue weighted by Crippen LogP contribution is 2.42. The molecule has 0 saturated heterocycles. The third-order valence-electron chi connectivity index (χ3n) is 5.99. The molecule has 1 fully saturated rings. The lowest BCUT2D eigenvalue weighted by Gasteiger charge is -2.43. The van der Waals surface area contributed by atoms with Gasteiger partial charge >= 0.3 is 5.97 Å². The van der Waals surface area contributed by atoms with Gasteiger partial charge in [0.05, 0.1) is 0 Å². The predicted octanol–water partition coefficient (Wildman–Crippen LogP) is 3.50. The summed E-state index contributed by atoms with van der Waals surface area (Å²) in [5.74, 6) is -1.79. The van der Waals surface area contributed by atoms with Crippen LogP contribution in [-0.4, -0.2) is 48.2 Å². The first-order chi connectivity index (χ1) is 15.8. The molecule has 8 heteroatoms. The second-order valence-electron chi connectivity index (χ2n) is 8.09. The van der Waals surface area contributed by atoms with Gasteiger partial charge in [-0.05, 0) is 44.4 Å². The summed E-state index contributed by atoms with van der Waals surface area (Å²) in [4.78, 5) is 52.1. The van der Waals surface area contributed by atoms with Crippen LogP contribution in [0.1, 0.15) is 48.5 Å². The van der Waals surface area contributed by atoms with Crippen molar-refractivity contribution < 1.29 is 23.9 Å². The van der Waals surface area contributed by atoms with Gasteiger partial charge in [0.2, 0.25) is 0 Å². The zero-order valence-electron chi connectivity index (χ0n) is 18.7. The molecular weight excluding hydrogens is 444 g/mol. The number of benzene rings is 2. The number of Topliss-reactive ketones (excluding diaryl/α,β-unsaturated/α-hetero) is 1. The molecule has 1 aliphatic carbocycles. The number of amides is 2. The van der Waals surface area contributed by atoms with Crippen LogP contribution in [0.3, 0.4) is 0 Å². The van der Waals surface area contributed by atoms with Crippen LogP contribution in [0.5, 0.6) is 0 Å². The van der Waals surface area contributed by atoms with Crippen LogP contribution in [0.4, 0.5) is 0 Å². The van der Waals surface area contributed by atoms with Gasteiger partial charge in [0.25, 0.3) is 11.8 Å². The Morgan fingerprint density at radius 2 is 1.76 bits per heavy atom. The van der Waals surface area contributed by atoms with Crippen LogP contribution in [0.2, 0.25) is 5.02 Å². The Kier molecular flexibility index (Phi) is 7.87. The van der Waals surface area contributed by atoms with Crippen molar-refractivity contribution in [1.29, 1.82) is 0 Å². The molecule has 1 N–H and O–H groups in total. The summed E-state index contributed by atoms with van der Waals surface area (Å²) in [6, 6.07) is 14.5. The van der Waals surface area contributed by atoms with Crippen LogP contribution in [0.15, 0.2) is 54.6 Å². The van der Waals surface area contributed by atoms with Gasteiger partial charge in [-0.1, -0.05) is 48.0 Å². The van der Waals surface area contributed by atoms with E-state index in [9.17, 15) is 19.2 Å². The summed E-state index contributed by atoms with van der Waals surface area (Å²) >= 11 is 6.41. The number of ketones is 1. The fraction of sp³-hybridized carbons (Fsp3) is 0.360. The summed E-state index contributed by atoms with van der Waals surface area (Å²) < 4.78 is 5.17. The molecule has 2 aromatic rings. The third kappa shape index (κ3) is 5.25. The molecule has 0 aliphatic heterocycles. The molecule has 0 heterocycles. The first-order valence-corrected chi connectivity index (χ1v) is 11.2. The number of nitrogens with one attached hydrogen (secondary N) is 1. The molecule has 3 rings (SSSR count). The second-order valence-corrected chi connectivity index (χ2v) is 8.50. The molecule has 7 nitrogen and oxygen atoms in total. The summed E-state index contributed by atoms with van der Waals surface area (Å²) in [7, 11) is 1.53. The van der Waals surface area contributed by atoms with Gasteiger partial charge < -0.3 is 15.0 Å². The molecule has 1 aliphatic rings. The van der Waals surface area contributed by atoms with Gasteiger partial charge in [0.1, 0.15) is 11.6 Å². The maximum Gasteiger partial charge on any atom is 0.328 e. The lowest BCUT2D eigenvalue weighted by Crippen LogP contribution is -2.55. The fourth-order valence-electron chi connectivity index (χ4n) is 4.13. The zero-order chi connectivity index (χ0) is 24.0. The molecular formula is C25H27ClN2O5. The Bertz CT molecular complexity index is 1040. The van der Waals surface area contributed by atoms with Crippen LogP contribution >= 0.6 is 11.6 Å². The van der Waals surface area contributed by atoms with E-state index >= 15 is 0 Å².